The van der Waals surface area contributed by atoms with Crippen LogP contribution in [-0.2, 0) is 15.9 Å². The molecule has 0 aliphatic carbocycles. The summed E-state index contributed by atoms with van der Waals surface area (Å²) in [5.74, 6) is 0. The minimum atomic E-state index is -2.30. The van der Waals surface area contributed by atoms with Gasteiger partial charge in [0, 0.05) is 0 Å². The Balaban J connectivity index is 0. The molecule has 0 saturated carbocycles. The van der Waals surface area contributed by atoms with Gasteiger partial charge in [-0.2, -0.15) is 0 Å². The topological polar surface area (TPSA) is 24.7 Å². The van der Waals surface area contributed by atoms with Crippen molar-refractivity contribution in [2.75, 3.05) is 0 Å². The molecule has 4 heteroatoms. The Kier molecular flexibility index (Phi) is 8.39. The van der Waals surface area contributed by atoms with E-state index in [2.05, 4.69) is 48.5 Å². The van der Waals surface area contributed by atoms with Gasteiger partial charge in [-0.25, -0.2) is 0 Å². The SMILES string of the molecule is CCC(C)(C)[N]=[W]([Cl])=[N]C(C)(C)CC.[CH3-]. The van der Waals surface area contributed by atoms with E-state index in [0.29, 0.717) is 0 Å². The van der Waals surface area contributed by atoms with Crippen LogP contribution in [0.15, 0.2) is 6.99 Å². The normalized spacial score (nSPS) is 13.9. The van der Waals surface area contributed by atoms with E-state index in [1.54, 1.807) is 0 Å². The number of hydrogen-bond acceptors (Lipinski definition) is 2. The Morgan fingerprint density at radius 1 is 0.933 bits per heavy atom. The number of halogens is 1. The fourth-order valence-electron chi connectivity index (χ4n) is 0.557. The smallest absolute Gasteiger partial charge is 0.358 e. The van der Waals surface area contributed by atoms with Crippen LogP contribution in [0.25, 0.3) is 0 Å². The molecule has 0 rings (SSSR count). The van der Waals surface area contributed by atoms with Crippen molar-refractivity contribution in [3.8, 4) is 0 Å². The zero-order valence-corrected chi connectivity index (χ0v) is 14.8. The summed E-state index contributed by atoms with van der Waals surface area (Å²) in [6.07, 6.45) is 2.07. The minimum absolute atomic E-state index is 0. The molecule has 0 aliphatic rings. The zero-order valence-electron chi connectivity index (χ0n) is 11.1. The van der Waals surface area contributed by atoms with Crippen LogP contribution in [0.3, 0.4) is 0 Å². The largest absolute Gasteiger partial charge is 0.358 e. The van der Waals surface area contributed by atoms with Gasteiger partial charge in [-0.15, -0.1) is 0 Å². The van der Waals surface area contributed by atoms with Gasteiger partial charge < -0.3 is 7.43 Å². The molecule has 0 aromatic heterocycles. The Hall–Kier alpha value is 0.578. The second kappa shape index (κ2) is 7.01. The van der Waals surface area contributed by atoms with Crippen LogP contribution in [0.2, 0.25) is 0 Å². The predicted octanol–water partition coefficient (Wildman–Crippen LogP) is 4.95. The molecule has 0 aromatic carbocycles. The van der Waals surface area contributed by atoms with Gasteiger partial charge in [-0.3, -0.25) is 0 Å². The molecular formula is C11H25ClN2W-. The van der Waals surface area contributed by atoms with Crippen molar-refractivity contribution in [3.63, 3.8) is 0 Å². The van der Waals surface area contributed by atoms with Crippen LogP contribution in [0, 0.1) is 7.43 Å². The van der Waals surface area contributed by atoms with Gasteiger partial charge >= 0.3 is 97.8 Å². The maximum absolute atomic E-state index is 6.27. The van der Waals surface area contributed by atoms with Crippen LogP contribution in [0.1, 0.15) is 54.4 Å². The van der Waals surface area contributed by atoms with Crippen LogP contribution in [0.4, 0.5) is 0 Å². The van der Waals surface area contributed by atoms with Crippen molar-refractivity contribution in [3.05, 3.63) is 7.43 Å². The van der Waals surface area contributed by atoms with Crippen LogP contribution >= 0.6 is 9.42 Å². The summed E-state index contributed by atoms with van der Waals surface area (Å²) in [7, 11) is 6.27. The summed E-state index contributed by atoms with van der Waals surface area (Å²) in [6, 6.07) is 0. The third kappa shape index (κ3) is 8.39. The maximum Gasteiger partial charge on any atom is -0.358 e. The third-order valence-corrected chi connectivity index (χ3v) is 8.14. The first-order chi connectivity index (χ1) is 6.22. The summed E-state index contributed by atoms with van der Waals surface area (Å²) in [5, 5.41) is 0. The van der Waals surface area contributed by atoms with Crippen molar-refractivity contribution < 1.29 is 15.9 Å². The fourth-order valence-corrected chi connectivity index (χ4v) is 7.62. The number of nitrogens with zero attached hydrogens (tertiary/aromatic N) is 2. The molecule has 15 heavy (non-hydrogen) atoms. The standard InChI is InChI=1S/2C5H11N.CH3.ClH.W/c2*1-4-5(2,3)6;;;/h2*4H2,1-3H3;1H3;1H;/q;;-1;;+1/p-1. The predicted molar refractivity (Wildman–Crippen MR) is 65.9 cm³/mol. The molecule has 0 unspecified atom stereocenters. The van der Waals surface area contributed by atoms with E-state index in [0.717, 1.165) is 12.8 Å². The number of hydrogen-bond donors (Lipinski definition) is 0. The molecule has 0 aliphatic heterocycles. The van der Waals surface area contributed by atoms with Gasteiger partial charge in [0.05, 0.1) is 0 Å². The third-order valence-electron chi connectivity index (χ3n) is 2.38. The average Bonchev–Trinajstić information content (AvgIpc) is 2.02. The summed E-state index contributed by atoms with van der Waals surface area (Å²) in [6.45, 7) is 12.8. The first-order valence-electron chi connectivity index (χ1n) is 5.09. The first-order valence-corrected chi connectivity index (χ1v) is 11.3. The van der Waals surface area contributed by atoms with Gasteiger partial charge in [0.2, 0.25) is 0 Å². The molecule has 0 N–H and O–H groups in total. The van der Waals surface area contributed by atoms with Gasteiger partial charge in [0.15, 0.2) is 0 Å². The minimum Gasteiger partial charge on any atom is -0.358 e. The molecule has 2 nitrogen and oxygen atoms in total. The molecule has 0 amide bonds. The Morgan fingerprint density at radius 3 is 1.40 bits per heavy atom. The van der Waals surface area contributed by atoms with Crippen molar-refractivity contribution in [1.29, 1.82) is 0 Å². The van der Waals surface area contributed by atoms with Crippen molar-refractivity contribution >= 4 is 9.42 Å². The fraction of sp³-hybridized carbons (Fsp3) is 0.909. The van der Waals surface area contributed by atoms with Gasteiger partial charge in [-0.05, 0) is 0 Å². The Labute approximate surface area is 105 Å². The molecule has 0 spiro atoms. The van der Waals surface area contributed by atoms with E-state index < -0.39 is 15.9 Å². The Bertz CT molecular complexity index is 240. The van der Waals surface area contributed by atoms with E-state index >= 15 is 0 Å². The molecule has 0 bridgehead atoms. The van der Waals surface area contributed by atoms with Crippen molar-refractivity contribution in [1.82, 2.24) is 0 Å². The summed E-state index contributed by atoms with van der Waals surface area (Å²) in [5.41, 5.74) is 0.0334. The zero-order chi connectivity index (χ0) is 11.4. The maximum atomic E-state index is 6.27. The molecule has 0 aromatic rings. The van der Waals surface area contributed by atoms with Crippen LogP contribution < -0.4 is 0 Å². The molecular weight excluding hydrogens is 379 g/mol. The van der Waals surface area contributed by atoms with Crippen molar-refractivity contribution in [2.45, 2.75) is 65.5 Å². The molecule has 0 radical (unpaired) electrons. The first kappa shape index (κ1) is 18.0. The van der Waals surface area contributed by atoms with E-state index in [-0.39, 0.29) is 18.5 Å². The quantitative estimate of drug-likeness (QED) is 0.592. The number of rotatable bonds is 4. The monoisotopic (exact) mass is 404 g/mol. The van der Waals surface area contributed by atoms with E-state index in [1.807, 2.05) is 0 Å². The van der Waals surface area contributed by atoms with E-state index in [4.69, 9.17) is 9.42 Å². The van der Waals surface area contributed by atoms with Crippen LogP contribution in [0.5, 0.6) is 0 Å². The van der Waals surface area contributed by atoms with E-state index in [1.165, 1.54) is 0 Å². The van der Waals surface area contributed by atoms with Crippen LogP contribution in [-0.4, -0.2) is 11.1 Å². The second-order valence-electron chi connectivity index (χ2n) is 4.73. The summed E-state index contributed by atoms with van der Waals surface area (Å²) < 4.78 is 9.31. The Morgan fingerprint density at radius 2 is 1.20 bits per heavy atom. The summed E-state index contributed by atoms with van der Waals surface area (Å²) >= 11 is -2.30. The van der Waals surface area contributed by atoms with Gasteiger partial charge in [0.25, 0.3) is 0 Å². The molecule has 0 saturated heterocycles. The van der Waals surface area contributed by atoms with Gasteiger partial charge in [0.1, 0.15) is 0 Å². The van der Waals surface area contributed by atoms with Crippen molar-refractivity contribution in [2.24, 2.45) is 6.99 Å². The van der Waals surface area contributed by atoms with Gasteiger partial charge in [-0.1, -0.05) is 0 Å². The molecule has 0 atom stereocenters. The second-order valence-corrected chi connectivity index (χ2v) is 9.88. The molecule has 0 fully saturated rings. The molecule has 0 heterocycles. The molecule has 93 valence electrons. The summed E-state index contributed by atoms with van der Waals surface area (Å²) in [4.78, 5) is 0. The van der Waals surface area contributed by atoms with E-state index in [9.17, 15) is 0 Å². The average molecular weight is 405 g/mol.